The molecule has 0 bridgehead atoms. The van der Waals surface area contributed by atoms with Gasteiger partial charge in [0.15, 0.2) is 0 Å². The molecule has 1 aliphatic rings. The summed E-state index contributed by atoms with van der Waals surface area (Å²) >= 11 is 0. The van der Waals surface area contributed by atoms with E-state index in [1.807, 2.05) is 13.8 Å². The van der Waals surface area contributed by atoms with Crippen molar-refractivity contribution in [3.8, 4) is 5.75 Å². The topological polar surface area (TPSA) is 278 Å². The highest BCUT2D eigenvalue weighted by atomic mass is 16.4. The zero-order valence-electron chi connectivity index (χ0n) is 34.0. The molecule has 1 aliphatic heterocycles. The summed E-state index contributed by atoms with van der Waals surface area (Å²) in [6.07, 6.45) is 1.53. The van der Waals surface area contributed by atoms with E-state index in [9.17, 15) is 48.6 Å². The molecule has 1 fully saturated rings. The smallest absolute Gasteiger partial charge is 0.326 e. The summed E-state index contributed by atoms with van der Waals surface area (Å²) in [4.78, 5) is 105. The molecule has 18 nitrogen and oxygen atoms in total. The number of nitrogens with zero attached hydrogens (tertiary/aromatic N) is 1. The number of amides is 7. The van der Waals surface area contributed by atoms with Crippen molar-refractivity contribution in [3.63, 3.8) is 0 Å². The molecule has 0 unspecified atom stereocenters. The van der Waals surface area contributed by atoms with Crippen LogP contribution in [-0.4, -0.2) is 119 Å². The lowest BCUT2D eigenvalue weighted by Crippen LogP contribution is -2.57. The molecule has 0 spiro atoms. The Hall–Kier alpha value is -6.04. The van der Waals surface area contributed by atoms with Crippen LogP contribution in [0.5, 0.6) is 5.75 Å². The van der Waals surface area contributed by atoms with Crippen molar-refractivity contribution in [2.45, 2.75) is 96.4 Å². The van der Waals surface area contributed by atoms with Crippen molar-refractivity contribution < 1.29 is 48.6 Å². The van der Waals surface area contributed by atoms with E-state index in [0.29, 0.717) is 18.4 Å². The Labute approximate surface area is 343 Å². The maximum absolute atomic E-state index is 13.7. The van der Waals surface area contributed by atoms with Crippen molar-refractivity contribution >= 4 is 47.3 Å². The van der Waals surface area contributed by atoms with Gasteiger partial charge >= 0.3 is 5.97 Å². The fourth-order valence-corrected chi connectivity index (χ4v) is 6.56. The van der Waals surface area contributed by atoms with E-state index in [4.69, 9.17) is 5.73 Å². The fourth-order valence-electron chi connectivity index (χ4n) is 6.56. The van der Waals surface area contributed by atoms with Gasteiger partial charge < -0.3 is 52.7 Å². The van der Waals surface area contributed by atoms with Gasteiger partial charge in [-0.3, -0.25) is 33.6 Å². The predicted molar refractivity (Wildman–Crippen MR) is 216 cm³/mol. The molecule has 1 heterocycles. The highest BCUT2D eigenvalue weighted by Crippen LogP contribution is 2.19. The fraction of sp³-hybridized carbons (Fsp3) is 0.512. The molecule has 10 N–H and O–H groups in total. The molecule has 1 saturated heterocycles. The van der Waals surface area contributed by atoms with Crippen LogP contribution in [0.3, 0.4) is 0 Å². The molecule has 0 aromatic heterocycles. The number of carbonyl (C=O) groups excluding carboxylic acids is 7. The van der Waals surface area contributed by atoms with Gasteiger partial charge in [-0.2, -0.15) is 0 Å². The van der Waals surface area contributed by atoms with Crippen LogP contribution in [0, 0.1) is 11.8 Å². The predicted octanol–water partition coefficient (Wildman–Crippen LogP) is -0.524. The van der Waals surface area contributed by atoms with Crippen molar-refractivity contribution in [1.82, 2.24) is 36.8 Å². The van der Waals surface area contributed by atoms with Gasteiger partial charge in [0.05, 0.1) is 19.6 Å². The molecule has 2 aromatic carbocycles. The normalized spacial score (nSPS) is 16.1. The van der Waals surface area contributed by atoms with E-state index in [-0.39, 0.29) is 56.4 Å². The molecule has 2 aromatic rings. The first kappa shape index (κ1) is 47.3. The Morgan fingerprint density at radius 2 is 1.34 bits per heavy atom. The molecular weight excluding hydrogens is 764 g/mol. The molecule has 6 atom stereocenters. The number of likely N-dealkylation sites (tertiary alicyclic amines) is 1. The number of aliphatic carboxylic acids is 1. The number of hydrogen-bond acceptors (Lipinski definition) is 10. The minimum atomic E-state index is -1.23. The lowest BCUT2D eigenvalue weighted by molar-refractivity contribution is -0.143. The number of carbonyl (C=O) groups is 8. The van der Waals surface area contributed by atoms with Gasteiger partial charge in [0.2, 0.25) is 41.4 Å². The third kappa shape index (κ3) is 15.3. The van der Waals surface area contributed by atoms with Crippen molar-refractivity contribution in [1.29, 1.82) is 0 Å². The van der Waals surface area contributed by atoms with E-state index in [1.165, 1.54) is 17.0 Å². The minimum Gasteiger partial charge on any atom is -0.508 e. The number of nitrogens with one attached hydrogen (secondary N) is 6. The largest absolute Gasteiger partial charge is 0.508 e. The number of hydrogen-bond donors (Lipinski definition) is 9. The molecule has 0 saturated carbocycles. The second-order valence-corrected chi connectivity index (χ2v) is 15.1. The van der Waals surface area contributed by atoms with Crippen molar-refractivity contribution in [3.05, 3.63) is 65.7 Å². The van der Waals surface area contributed by atoms with Gasteiger partial charge in [-0.15, -0.1) is 0 Å². The van der Waals surface area contributed by atoms with Gasteiger partial charge in [-0.25, -0.2) is 4.79 Å². The Morgan fingerprint density at radius 1 is 0.746 bits per heavy atom. The van der Waals surface area contributed by atoms with Crippen LogP contribution < -0.4 is 37.6 Å². The second-order valence-electron chi connectivity index (χ2n) is 15.1. The number of rotatable bonds is 22. The summed E-state index contributed by atoms with van der Waals surface area (Å²) < 4.78 is 0. The van der Waals surface area contributed by atoms with Gasteiger partial charge in [0, 0.05) is 19.4 Å². The van der Waals surface area contributed by atoms with Gasteiger partial charge in [-0.1, -0.05) is 76.6 Å². The summed E-state index contributed by atoms with van der Waals surface area (Å²) in [5.41, 5.74) is 6.82. The maximum Gasteiger partial charge on any atom is 0.326 e. The standard InChI is InChI=1S/C41H58N8O10/c1-5-25(4)36(41(58)59)48-34(52)22-43-37(54)29(18-24(2)3)47-40(57)32-12-9-17-49(32)35(53)23-44-38(55)30(20-27-13-15-28(50)16-14-27)46-39(56)31(45-33(51)21-42)19-26-10-7-6-8-11-26/h6-8,10-11,13-16,24-25,29-32,36,50H,5,9,12,17-23,42H2,1-4H3,(H,43,54)(H,44,55)(H,45,51)(H,46,56)(H,47,57)(H,48,52)(H,58,59)/t25-,29-,30-,31-,32-,36-/m0/s1. The number of carboxylic acid groups (broad SMARTS) is 1. The molecule has 322 valence electrons. The molecule has 0 aliphatic carbocycles. The molecular formula is C41H58N8O10. The van der Waals surface area contributed by atoms with Crippen molar-refractivity contribution in [2.75, 3.05) is 26.2 Å². The van der Waals surface area contributed by atoms with Crippen LogP contribution in [0.25, 0.3) is 0 Å². The van der Waals surface area contributed by atoms with E-state index >= 15 is 0 Å². The zero-order chi connectivity index (χ0) is 43.6. The summed E-state index contributed by atoms with van der Waals surface area (Å²) in [6, 6.07) is 9.42. The van der Waals surface area contributed by atoms with Crippen LogP contribution in [0.15, 0.2) is 54.6 Å². The highest BCUT2D eigenvalue weighted by Gasteiger charge is 2.37. The Balaban J connectivity index is 1.68. The summed E-state index contributed by atoms with van der Waals surface area (Å²) in [5, 5.41) is 34.7. The van der Waals surface area contributed by atoms with Crippen LogP contribution in [-0.2, 0) is 51.2 Å². The lowest BCUT2D eigenvalue weighted by atomic mass is 9.99. The SMILES string of the molecule is CC[C@H](C)[C@H](NC(=O)CNC(=O)[C@H](CC(C)C)NC(=O)[C@@H]1CCCN1C(=O)CNC(=O)[C@H](Cc1ccc(O)cc1)NC(=O)[C@H](Cc1ccccc1)NC(=O)CN)C(=O)O. The third-order valence-corrected chi connectivity index (χ3v) is 9.98. The minimum absolute atomic E-state index is 0.00673. The number of phenolic OH excluding ortho intramolecular Hbond substituents is 1. The molecule has 0 radical (unpaired) electrons. The molecule has 59 heavy (non-hydrogen) atoms. The Bertz CT molecular complexity index is 1770. The lowest BCUT2D eigenvalue weighted by Gasteiger charge is -2.27. The average molecular weight is 823 g/mol. The number of phenols is 1. The first-order valence-electron chi connectivity index (χ1n) is 19.8. The summed E-state index contributed by atoms with van der Waals surface area (Å²) in [6.45, 7) is 5.95. The number of nitrogens with two attached hydrogens (primary N) is 1. The Morgan fingerprint density at radius 3 is 1.93 bits per heavy atom. The maximum atomic E-state index is 13.7. The quantitative estimate of drug-likeness (QED) is 0.0729. The van der Waals surface area contributed by atoms with E-state index < -0.39 is 90.6 Å². The number of benzene rings is 2. The van der Waals surface area contributed by atoms with Gasteiger partial charge in [-0.05, 0) is 54.4 Å². The monoisotopic (exact) mass is 822 g/mol. The zero-order valence-corrected chi connectivity index (χ0v) is 34.0. The first-order valence-corrected chi connectivity index (χ1v) is 19.8. The summed E-state index contributed by atoms with van der Waals surface area (Å²) in [5.74, 6) is -6.13. The van der Waals surface area contributed by atoms with Crippen LogP contribution in [0.4, 0.5) is 0 Å². The summed E-state index contributed by atoms with van der Waals surface area (Å²) in [7, 11) is 0. The van der Waals surface area contributed by atoms with E-state index in [1.54, 1.807) is 56.3 Å². The Kier molecular flexibility index (Phi) is 18.8. The van der Waals surface area contributed by atoms with Crippen LogP contribution in [0.2, 0.25) is 0 Å². The highest BCUT2D eigenvalue weighted by molar-refractivity contribution is 5.96. The van der Waals surface area contributed by atoms with Gasteiger partial charge in [0.1, 0.15) is 36.0 Å². The molecule has 18 heteroatoms. The number of aromatic hydroxyl groups is 1. The number of carboxylic acids is 1. The molecule has 7 amide bonds. The van der Waals surface area contributed by atoms with E-state index in [0.717, 1.165) is 5.56 Å². The molecule has 3 rings (SSSR count). The third-order valence-electron chi connectivity index (χ3n) is 9.98. The second kappa shape index (κ2) is 23.4. The first-order chi connectivity index (χ1) is 28.0. The van der Waals surface area contributed by atoms with Crippen LogP contribution in [0.1, 0.15) is 64.5 Å². The average Bonchev–Trinajstić information content (AvgIpc) is 3.71. The van der Waals surface area contributed by atoms with Crippen LogP contribution >= 0.6 is 0 Å². The van der Waals surface area contributed by atoms with Crippen molar-refractivity contribution in [2.24, 2.45) is 17.6 Å². The van der Waals surface area contributed by atoms with Gasteiger partial charge in [0.25, 0.3) is 0 Å². The van der Waals surface area contributed by atoms with E-state index in [2.05, 4.69) is 31.9 Å².